The Hall–Kier alpha value is -3.50. The van der Waals surface area contributed by atoms with Crippen molar-refractivity contribution in [2.75, 3.05) is 6.61 Å². The van der Waals surface area contributed by atoms with Crippen LogP contribution in [0, 0.1) is 11.6 Å². The van der Waals surface area contributed by atoms with Gasteiger partial charge in [0.2, 0.25) is 5.43 Å². The molecule has 184 valence electrons. The molecule has 2 N–H and O–H groups in total. The first-order valence-electron chi connectivity index (χ1n) is 10.7. The number of hydrogen-bond donors (Lipinski definition) is 2. The number of carbonyl (C=O) groups is 2. The molecule has 35 heavy (non-hydrogen) atoms. The molecule has 1 aromatic heterocycles. The molecular formula is C24H22ClF2N3O5. The minimum Gasteiger partial charge on any atom is -0.503 e. The Labute approximate surface area is 204 Å². The number of allylic oxidation sites excluding steroid dienone is 1. The van der Waals surface area contributed by atoms with E-state index in [0.717, 1.165) is 18.3 Å². The number of aromatic nitrogens is 1. The Bertz CT molecular complexity index is 1310. The molecule has 2 aliphatic rings. The second-order valence-electron chi connectivity index (χ2n) is 8.28. The molecule has 0 radical (unpaired) electrons. The van der Waals surface area contributed by atoms with Crippen LogP contribution in [0.2, 0.25) is 5.02 Å². The number of amides is 2. The first-order chi connectivity index (χ1) is 16.6. The fourth-order valence-electron chi connectivity index (χ4n) is 4.43. The maximum absolute atomic E-state index is 14.2. The lowest BCUT2D eigenvalue weighted by Crippen LogP contribution is -2.58. The number of ether oxygens (including phenoxy) is 1. The van der Waals surface area contributed by atoms with Crippen molar-refractivity contribution in [3.8, 4) is 5.75 Å². The zero-order valence-corrected chi connectivity index (χ0v) is 19.3. The van der Waals surface area contributed by atoms with Crippen molar-refractivity contribution >= 4 is 23.4 Å². The lowest BCUT2D eigenvalue weighted by Gasteiger charge is -2.43. The van der Waals surface area contributed by atoms with Crippen molar-refractivity contribution < 1.29 is 28.2 Å². The minimum absolute atomic E-state index is 0.0442. The number of pyridine rings is 1. The first kappa shape index (κ1) is 24.6. The van der Waals surface area contributed by atoms with Gasteiger partial charge in [0.15, 0.2) is 17.2 Å². The number of fused-ring (bicyclic) bond motifs is 2. The zero-order valence-electron chi connectivity index (χ0n) is 18.5. The van der Waals surface area contributed by atoms with Gasteiger partial charge in [0.25, 0.3) is 11.8 Å². The second kappa shape index (κ2) is 9.27. The van der Waals surface area contributed by atoms with Crippen molar-refractivity contribution in [1.82, 2.24) is 14.8 Å². The molecule has 1 saturated heterocycles. The third-order valence-corrected chi connectivity index (χ3v) is 6.55. The Morgan fingerprint density at radius 2 is 2.09 bits per heavy atom. The molecular weight excluding hydrogens is 484 g/mol. The molecule has 0 bridgehead atoms. The van der Waals surface area contributed by atoms with Crippen LogP contribution in [0.1, 0.15) is 39.3 Å². The van der Waals surface area contributed by atoms with Crippen molar-refractivity contribution in [2.45, 2.75) is 37.7 Å². The summed E-state index contributed by atoms with van der Waals surface area (Å²) < 4.78 is 34.9. The normalized spacial score (nSPS) is 20.8. The number of benzene rings is 1. The molecule has 2 aliphatic heterocycles. The van der Waals surface area contributed by atoms with Crippen LogP contribution in [0.3, 0.4) is 0 Å². The number of nitrogens with one attached hydrogen (secondary N) is 1. The lowest BCUT2D eigenvalue weighted by molar-refractivity contribution is -0.0941. The predicted molar refractivity (Wildman–Crippen MR) is 123 cm³/mol. The number of hydrogen-bond acceptors (Lipinski definition) is 5. The van der Waals surface area contributed by atoms with Crippen molar-refractivity contribution in [3.63, 3.8) is 0 Å². The Balaban J connectivity index is 1.69. The predicted octanol–water partition coefficient (Wildman–Crippen LogP) is 3.12. The highest BCUT2D eigenvalue weighted by Crippen LogP contribution is 2.40. The summed E-state index contributed by atoms with van der Waals surface area (Å²) in [6.07, 6.45) is 5.32. The summed E-state index contributed by atoms with van der Waals surface area (Å²) >= 11 is 5.56. The molecule has 0 spiro atoms. The summed E-state index contributed by atoms with van der Waals surface area (Å²) in [5.41, 5.74) is -2.97. The molecule has 0 saturated carbocycles. The SMILES string of the molecule is C=CCC[C@]12Cn3cc(C(=O)NCc4ccc(F)c(Cl)c4F)c(=O)c(O)c3C(=O)N1[C@H](C=C)CO2. The Morgan fingerprint density at radius 1 is 1.34 bits per heavy atom. The topological polar surface area (TPSA) is 101 Å². The molecule has 3 heterocycles. The Morgan fingerprint density at radius 3 is 2.77 bits per heavy atom. The highest BCUT2D eigenvalue weighted by atomic mass is 35.5. The smallest absolute Gasteiger partial charge is 0.277 e. The van der Waals surface area contributed by atoms with E-state index in [0.29, 0.717) is 12.8 Å². The van der Waals surface area contributed by atoms with Crippen molar-refractivity contribution in [2.24, 2.45) is 0 Å². The van der Waals surface area contributed by atoms with Crippen LogP contribution in [-0.2, 0) is 17.8 Å². The third kappa shape index (κ3) is 4.02. The highest BCUT2D eigenvalue weighted by Gasteiger charge is 2.53. The maximum Gasteiger partial charge on any atom is 0.277 e. The quantitative estimate of drug-likeness (QED) is 0.445. The van der Waals surface area contributed by atoms with E-state index in [4.69, 9.17) is 16.3 Å². The summed E-state index contributed by atoms with van der Waals surface area (Å²) in [6.45, 7) is 7.28. The van der Waals surface area contributed by atoms with Crippen molar-refractivity contribution in [1.29, 1.82) is 0 Å². The fourth-order valence-corrected chi connectivity index (χ4v) is 4.62. The zero-order chi connectivity index (χ0) is 25.5. The standard InChI is InChI=1S/C24H22ClF2N3O5/c1-3-5-8-24-12-29-10-15(22(33)28-9-13-6-7-16(26)17(25)18(13)27)20(31)21(32)19(29)23(34)30(24)14(4-2)11-35-24/h3-4,6-7,10,14,32H,1-2,5,8-9,11-12H2,(H,28,33)/t14-,24+/m1/s1. The minimum atomic E-state index is -1.08. The second-order valence-corrected chi connectivity index (χ2v) is 8.65. The van der Waals surface area contributed by atoms with Crippen LogP contribution in [0.4, 0.5) is 8.78 Å². The van der Waals surface area contributed by atoms with Gasteiger partial charge >= 0.3 is 0 Å². The van der Waals surface area contributed by atoms with Crippen LogP contribution in [0.5, 0.6) is 5.75 Å². The van der Waals surface area contributed by atoms with Gasteiger partial charge in [0.1, 0.15) is 22.2 Å². The van der Waals surface area contributed by atoms with E-state index in [9.17, 15) is 28.3 Å². The first-order valence-corrected chi connectivity index (χ1v) is 11.1. The highest BCUT2D eigenvalue weighted by molar-refractivity contribution is 6.30. The van der Waals surface area contributed by atoms with Gasteiger partial charge in [-0.1, -0.05) is 29.8 Å². The maximum atomic E-state index is 14.2. The molecule has 4 rings (SSSR count). The summed E-state index contributed by atoms with van der Waals surface area (Å²) in [7, 11) is 0. The molecule has 2 aromatic rings. The summed E-state index contributed by atoms with van der Waals surface area (Å²) in [5.74, 6) is -4.43. The van der Waals surface area contributed by atoms with E-state index in [2.05, 4.69) is 18.5 Å². The van der Waals surface area contributed by atoms with E-state index in [1.807, 2.05) is 0 Å². The monoisotopic (exact) mass is 505 g/mol. The van der Waals surface area contributed by atoms with Gasteiger partial charge < -0.3 is 19.7 Å². The molecule has 8 nitrogen and oxygen atoms in total. The average molecular weight is 506 g/mol. The molecule has 1 aromatic carbocycles. The summed E-state index contributed by atoms with van der Waals surface area (Å²) in [6, 6.07) is 1.60. The Kier molecular flexibility index (Phi) is 6.52. The average Bonchev–Trinajstić information content (AvgIpc) is 3.21. The lowest BCUT2D eigenvalue weighted by atomic mass is 9.99. The van der Waals surface area contributed by atoms with E-state index in [-0.39, 0.29) is 24.4 Å². The molecule has 11 heteroatoms. The van der Waals surface area contributed by atoms with Gasteiger partial charge in [-0.25, -0.2) is 8.78 Å². The van der Waals surface area contributed by atoms with Crippen LogP contribution in [-0.4, -0.2) is 44.8 Å². The van der Waals surface area contributed by atoms with Gasteiger partial charge in [-0.05, 0) is 12.5 Å². The molecule has 1 fully saturated rings. The molecule has 2 atom stereocenters. The van der Waals surface area contributed by atoms with Gasteiger partial charge in [0.05, 0.1) is 19.2 Å². The summed E-state index contributed by atoms with van der Waals surface area (Å²) in [5, 5.41) is 12.3. The van der Waals surface area contributed by atoms with E-state index >= 15 is 0 Å². The number of halogens is 3. The van der Waals surface area contributed by atoms with Crippen molar-refractivity contribution in [3.05, 3.63) is 87.3 Å². The largest absolute Gasteiger partial charge is 0.503 e. The van der Waals surface area contributed by atoms with E-state index < -0.39 is 63.5 Å². The van der Waals surface area contributed by atoms with Crippen LogP contribution in [0.25, 0.3) is 0 Å². The van der Waals surface area contributed by atoms with Crippen LogP contribution in [0.15, 0.2) is 48.4 Å². The molecule has 2 amide bonds. The number of carbonyl (C=O) groups excluding carboxylic acids is 2. The summed E-state index contributed by atoms with van der Waals surface area (Å²) in [4.78, 5) is 40.4. The fraction of sp³-hybridized carbons (Fsp3) is 0.292. The third-order valence-electron chi connectivity index (χ3n) is 6.20. The number of aromatic hydroxyl groups is 1. The molecule has 0 aliphatic carbocycles. The van der Waals surface area contributed by atoms with Gasteiger partial charge in [-0.15, -0.1) is 13.2 Å². The number of nitrogens with zero attached hydrogens (tertiary/aromatic N) is 2. The van der Waals surface area contributed by atoms with E-state index in [1.54, 1.807) is 12.2 Å². The van der Waals surface area contributed by atoms with Crippen LogP contribution >= 0.6 is 11.6 Å². The van der Waals surface area contributed by atoms with Gasteiger partial charge in [-0.3, -0.25) is 19.3 Å². The van der Waals surface area contributed by atoms with Gasteiger partial charge in [-0.2, -0.15) is 0 Å². The van der Waals surface area contributed by atoms with Gasteiger partial charge in [0, 0.05) is 24.7 Å². The number of rotatable bonds is 7. The molecule has 0 unspecified atom stereocenters. The van der Waals surface area contributed by atoms with E-state index in [1.165, 1.54) is 9.47 Å². The van der Waals surface area contributed by atoms with Crippen LogP contribution < -0.4 is 10.7 Å².